The summed E-state index contributed by atoms with van der Waals surface area (Å²) in [4.78, 5) is 16.2. The van der Waals surface area contributed by atoms with Gasteiger partial charge in [-0.25, -0.2) is 14.4 Å². The van der Waals surface area contributed by atoms with Gasteiger partial charge in [0.15, 0.2) is 5.96 Å². The van der Waals surface area contributed by atoms with Gasteiger partial charge in [-0.05, 0) is 48.9 Å². The van der Waals surface area contributed by atoms with Gasteiger partial charge in [0, 0.05) is 52.5 Å². The number of aliphatic imine (C=N–C) groups is 1. The maximum absolute atomic E-state index is 13.5. The number of benzene rings is 1. The van der Waals surface area contributed by atoms with Gasteiger partial charge in [0.2, 0.25) is 0 Å². The normalized spacial score (nSPS) is 15.3. The maximum atomic E-state index is 13.5. The van der Waals surface area contributed by atoms with E-state index >= 15 is 0 Å². The fourth-order valence-corrected chi connectivity index (χ4v) is 3.64. The van der Waals surface area contributed by atoms with Gasteiger partial charge in [-0.15, -0.1) is 0 Å². The van der Waals surface area contributed by atoms with Crippen LogP contribution in [0.1, 0.15) is 25.0 Å². The lowest BCUT2D eigenvalue weighted by atomic mass is 10.2. The Hall–Kier alpha value is -2.67. The van der Waals surface area contributed by atoms with E-state index in [-0.39, 0.29) is 5.82 Å². The molecule has 1 aliphatic heterocycles. The molecule has 7 heteroatoms. The summed E-state index contributed by atoms with van der Waals surface area (Å²) in [6.07, 6.45) is 1.87. The number of nitrogens with one attached hydrogen (secondary N) is 1. The monoisotopic (exact) mass is 412 g/mol. The molecule has 1 fully saturated rings. The second-order valence-corrected chi connectivity index (χ2v) is 7.60. The first-order chi connectivity index (χ1) is 14.6. The molecule has 0 spiro atoms. The van der Waals surface area contributed by atoms with Gasteiger partial charge in [-0.2, -0.15) is 0 Å². The average molecular weight is 413 g/mol. The molecular formula is C23H33FN6. The summed E-state index contributed by atoms with van der Waals surface area (Å²) in [5, 5.41) is 3.33. The van der Waals surface area contributed by atoms with Crippen LogP contribution in [0, 0.1) is 5.82 Å². The number of likely N-dealkylation sites (N-methyl/N-ethyl adjacent to an activating group) is 1. The summed E-state index contributed by atoms with van der Waals surface area (Å²) in [6.45, 7) is 11.5. The Morgan fingerprint density at radius 1 is 1.13 bits per heavy atom. The number of hydrogen-bond acceptors (Lipinski definition) is 4. The molecule has 162 valence electrons. The van der Waals surface area contributed by atoms with Gasteiger partial charge in [-0.1, -0.05) is 19.1 Å². The smallest absolute Gasteiger partial charge is 0.194 e. The maximum Gasteiger partial charge on any atom is 0.194 e. The summed E-state index contributed by atoms with van der Waals surface area (Å²) in [5.41, 5.74) is 2.05. The molecule has 1 aliphatic rings. The van der Waals surface area contributed by atoms with Crippen molar-refractivity contribution >= 4 is 11.8 Å². The van der Waals surface area contributed by atoms with E-state index in [0.29, 0.717) is 13.1 Å². The first-order valence-electron chi connectivity index (χ1n) is 10.7. The molecule has 1 N–H and O–H groups in total. The number of guanidine groups is 1. The Morgan fingerprint density at radius 3 is 2.63 bits per heavy atom. The lowest BCUT2D eigenvalue weighted by Gasteiger charge is -2.34. The molecule has 3 rings (SSSR count). The van der Waals surface area contributed by atoms with Crippen molar-refractivity contribution in [1.82, 2.24) is 20.1 Å². The molecule has 0 radical (unpaired) electrons. The minimum Gasteiger partial charge on any atom is -0.357 e. The number of anilines is 1. The number of nitrogens with zero attached hydrogens (tertiary/aromatic N) is 5. The lowest BCUT2D eigenvalue weighted by molar-refractivity contribution is 0.270. The zero-order valence-corrected chi connectivity index (χ0v) is 18.3. The van der Waals surface area contributed by atoms with Crippen molar-refractivity contribution in [2.75, 3.05) is 51.2 Å². The van der Waals surface area contributed by atoms with Crippen molar-refractivity contribution < 1.29 is 4.39 Å². The van der Waals surface area contributed by atoms with Gasteiger partial charge in [-0.3, -0.25) is 0 Å². The fourth-order valence-electron chi connectivity index (χ4n) is 3.64. The molecule has 30 heavy (non-hydrogen) atoms. The molecule has 0 bridgehead atoms. The molecule has 2 aromatic rings. The van der Waals surface area contributed by atoms with Crippen LogP contribution < -0.4 is 10.2 Å². The molecule has 0 atom stereocenters. The van der Waals surface area contributed by atoms with Crippen LogP contribution in [-0.2, 0) is 13.1 Å². The van der Waals surface area contributed by atoms with E-state index in [4.69, 9.17) is 4.99 Å². The van der Waals surface area contributed by atoms with Crippen LogP contribution in [0.3, 0.4) is 0 Å². The minimum absolute atomic E-state index is 0.216. The van der Waals surface area contributed by atoms with Gasteiger partial charge in [0.05, 0.1) is 6.54 Å². The molecule has 0 amide bonds. The minimum atomic E-state index is -0.216. The second kappa shape index (κ2) is 10.9. The predicted molar refractivity (Wildman–Crippen MR) is 121 cm³/mol. The van der Waals surface area contributed by atoms with Crippen LogP contribution in [0.4, 0.5) is 10.2 Å². The largest absolute Gasteiger partial charge is 0.357 e. The first kappa shape index (κ1) is 22.0. The van der Waals surface area contributed by atoms with Crippen molar-refractivity contribution in [2.24, 2.45) is 4.99 Å². The number of aromatic nitrogens is 1. The molecule has 1 aromatic heterocycles. The highest BCUT2D eigenvalue weighted by molar-refractivity contribution is 5.79. The zero-order valence-electron chi connectivity index (χ0n) is 18.3. The standard InChI is InChI=1S/C23H33FN6/c1-4-25-23(28(3)18-20-7-6-8-21(24)15-20)27-17-19-9-10-26-22(16-19)30-13-11-29(5-2)12-14-30/h6-10,15-16H,4-5,11-14,17-18H2,1-3H3,(H,25,27). The Bertz CT molecular complexity index is 832. The van der Waals surface area contributed by atoms with E-state index < -0.39 is 0 Å². The molecule has 1 aromatic carbocycles. The Balaban J connectivity index is 1.65. The van der Waals surface area contributed by atoms with Gasteiger partial charge in [0.25, 0.3) is 0 Å². The SMILES string of the molecule is CCNC(=NCc1ccnc(N2CCN(CC)CC2)c1)N(C)Cc1cccc(F)c1. The van der Waals surface area contributed by atoms with Crippen molar-refractivity contribution in [3.63, 3.8) is 0 Å². The number of halogens is 1. The van der Waals surface area contributed by atoms with Crippen molar-refractivity contribution in [2.45, 2.75) is 26.9 Å². The summed E-state index contributed by atoms with van der Waals surface area (Å²) in [6, 6.07) is 10.9. The summed E-state index contributed by atoms with van der Waals surface area (Å²) < 4.78 is 13.5. The summed E-state index contributed by atoms with van der Waals surface area (Å²) in [5.74, 6) is 1.61. The highest BCUT2D eigenvalue weighted by Crippen LogP contribution is 2.16. The van der Waals surface area contributed by atoms with E-state index in [1.54, 1.807) is 12.1 Å². The summed E-state index contributed by atoms with van der Waals surface area (Å²) >= 11 is 0. The van der Waals surface area contributed by atoms with Crippen LogP contribution in [0.2, 0.25) is 0 Å². The Kier molecular flexibility index (Phi) is 8.02. The number of pyridine rings is 1. The van der Waals surface area contributed by atoms with Crippen molar-refractivity contribution in [1.29, 1.82) is 0 Å². The molecule has 0 aliphatic carbocycles. The molecule has 0 unspecified atom stereocenters. The molecule has 0 saturated carbocycles. The van der Waals surface area contributed by atoms with Gasteiger partial charge in [0.1, 0.15) is 11.6 Å². The van der Waals surface area contributed by atoms with E-state index in [9.17, 15) is 4.39 Å². The Labute approximate surface area is 179 Å². The lowest BCUT2D eigenvalue weighted by Crippen LogP contribution is -2.46. The van der Waals surface area contributed by atoms with Crippen molar-refractivity contribution in [3.8, 4) is 0 Å². The van der Waals surface area contributed by atoms with E-state index in [2.05, 4.69) is 33.1 Å². The molecule has 2 heterocycles. The van der Waals surface area contributed by atoms with E-state index in [1.807, 2.05) is 37.2 Å². The number of piperazine rings is 1. The van der Waals surface area contributed by atoms with Crippen LogP contribution in [0.5, 0.6) is 0 Å². The van der Waals surface area contributed by atoms with E-state index in [0.717, 1.165) is 62.2 Å². The predicted octanol–water partition coefficient (Wildman–Crippen LogP) is 2.96. The Morgan fingerprint density at radius 2 is 1.93 bits per heavy atom. The first-order valence-corrected chi connectivity index (χ1v) is 10.7. The quantitative estimate of drug-likeness (QED) is 0.560. The molecule has 6 nitrogen and oxygen atoms in total. The number of hydrogen-bond donors (Lipinski definition) is 1. The third kappa shape index (κ3) is 6.16. The fraction of sp³-hybridized carbons (Fsp3) is 0.478. The molecule has 1 saturated heterocycles. The average Bonchev–Trinajstić information content (AvgIpc) is 2.77. The highest BCUT2D eigenvalue weighted by Gasteiger charge is 2.17. The van der Waals surface area contributed by atoms with Crippen LogP contribution in [-0.4, -0.2) is 67.1 Å². The third-order valence-electron chi connectivity index (χ3n) is 5.37. The summed E-state index contributed by atoms with van der Waals surface area (Å²) in [7, 11) is 1.97. The molecular weight excluding hydrogens is 379 g/mol. The second-order valence-electron chi connectivity index (χ2n) is 7.60. The van der Waals surface area contributed by atoms with Gasteiger partial charge < -0.3 is 20.0 Å². The van der Waals surface area contributed by atoms with Crippen molar-refractivity contribution in [3.05, 3.63) is 59.5 Å². The van der Waals surface area contributed by atoms with Crippen LogP contribution in [0.25, 0.3) is 0 Å². The van der Waals surface area contributed by atoms with E-state index in [1.165, 1.54) is 6.07 Å². The van der Waals surface area contributed by atoms with Gasteiger partial charge >= 0.3 is 0 Å². The zero-order chi connectivity index (χ0) is 21.3. The van der Waals surface area contributed by atoms with Crippen LogP contribution >= 0.6 is 0 Å². The number of rotatable bonds is 7. The van der Waals surface area contributed by atoms with Crippen LogP contribution in [0.15, 0.2) is 47.6 Å². The third-order valence-corrected chi connectivity index (χ3v) is 5.37. The topological polar surface area (TPSA) is 47.0 Å². The highest BCUT2D eigenvalue weighted by atomic mass is 19.1.